The van der Waals surface area contributed by atoms with E-state index < -0.39 is 38.3 Å². The highest BCUT2D eigenvalue weighted by atomic mass is 32.2. The van der Waals surface area contributed by atoms with Gasteiger partial charge in [0, 0.05) is 17.1 Å². The van der Waals surface area contributed by atoms with Gasteiger partial charge in [-0.15, -0.1) is 11.3 Å². The van der Waals surface area contributed by atoms with Gasteiger partial charge in [0.15, 0.2) is 0 Å². The van der Waals surface area contributed by atoms with Crippen molar-refractivity contribution in [2.45, 2.75) is 24.8 Å². The number of thiazole rings is 1. The van der Waals surface area contributed by atoms with Crippen LogP contribution in [0.5, 0.6) is 0 Å². The lowest BCUT2D eigenvalue weighted by molar-refractivity contribution is 0.537. The average molecular weight is 333 g/mol. The predicted molar refractivity (Wildman–Crippen MR) is 76.4 cm³/mol. The van der Waals surface area contributed by atoms with Gasteiger partial charge in [0.1, 0.15) is 21.5 Å². The Labute approximate surface area is 124 Å². The molecule has 0 aliphatic rings. The van der Waals surface area contributed by atoms with E-state index in [1.165, 1.54) is 11.3 Å². The van der Waals surface area contributed by atoms with E-state index in [-0.39, 0.29) is 0 Å². The van der Waals surface area contributed by atoms with Crippen LogP contribution in [0.3, 0.4) is 0 Å². The van der Waals surface area contributed by atoms with Gasteiger partial charge in [-0.05, 0) is 19.9 Å². The van der Waals surface area contributed by atoms with Gasteiger partial charge >= 0.3 is 0 Å². The summed E-state index contributed by atoms with van der Waals surface area (Å²) < 4.78 is 53.3. The molecule has 2 rings (SSSR count). The first-order valence-corrected chi connectivity index (χ1v) is 8.20. The number of hydrogen-bond acceptors (Lipinski definition) is 5. The van der Waals surface area contributed by atoms with Gasteiger partial charge in [-0.2, -0.15) is 0 Å². The van der Waals surface area contributed by atoms with Crippen LogP contribution in [-0.2, 0) is 10.0 Å². The number of sulfonamides is 1. The normalized spacial score (nSPS) is 13.3. The van der Waals surface area contributed by atoms with Crippen molar-refractivity contribution in [3.05, 3.63) is 39.8 Å². The molecule has 0 spiro atoms. The van der Waals surface area contributed by atoms with Crippen molar-refractivity contribution in [2.75, 3.05) is 5.73 Å². The largest absolute Gasteiger partial charge is 0.396 e. The van der Waals surface area contributed by atoms with E-state index in [9.17, 15) is 17.2 Å². The number of aryl methyl sites for hydroxylation is 1. The molecule has 1 unspecified atom stereocenters. The van der Waals surface area contributed by atoms with Gasteiger partial charge < -0.3 is 5.73 Å². The maximum atomic E-state index is 13.7. The zero-order chi connectivity index (χ0) is 15.8. The van der Waals surface area contributed by atoms with E-state index in [4.69, 9.17) is 5.73 Å². The smallest absolute Gasteiger partial charge is 0.244 e. The summed E-state index contributed by atoms with van der Waals surface area (Å²) in [6.07, 6.45) is 1.61. The summed E-state index contributed by atoms with van der Waals surface area (Å²) in [4.78, 5) is 4.29. The molecule has 0 bridgehead atoms. The standard InChI is InChI=1S/C12H13F2N3O2S2/c1-6-5-16-12(20-6)7(2)17-21(18,19)11-4-10(15)8(13)3-9(11)14/h3-5,7,17H,15H2,1-2H3. The number of nitrogen functional groups attached to an aromatic ring is 1. The Bertz CT molecular complexity index is 775. The Morgan fingerprint density at radius 2 is 2.00 bits per heavy atom. The van der Waals surface area contributed by atoms with Gasteiger partial charge in [-0.1, -0.05) is 0 Å². The number of benzene rings is 1. The third-order valence-electron chi connectivity index (χ3n) is 2.68. The molecule has 1 atom stereocenters. The van der Waals surface area contributed by atoms with Gasteiger partial charge in [0.2, 0.25) is 10.0 Å². The maximum Gasteiger partial charge on any atom is 0.244 e. The Hall–Kier alpha value is -1.58. The van der Waals surface area contributed by atoms with E-state index in [1.54, 1.807) is 13.1 Å². The number of rotatable bonds is 4. The molecule has 9 heteroatoms. The highest BCUT2D eigenvalue weighted by Gasteiger charge is 2.24. The fraction of sp³-hybridized carbons (Fsp3) is 0.250. The Balaban J connectivity index is 2.32. The summed E-state index contributed by atoms with van der Waals surface area (Å²) in [7, 11) is -4.17. The van der Waals surface area contributed by atoms with Crippen LogP contribution in [0, 0.1) is 18.6 Å². The third-order valence-corrected chi connectivity index (χ3v) is 5.33. The van der Waals surface area contributed by atoms with Gasteiger partial charge in [0.05, 0.1) is 11.7 Å². The Morgan fingerprint density at radius 1 is 1.33 bits per heavy atom. The highest BCUT2D eigenvalue weighted by molar-refractivity contribution is 7.89. The molecule has 0 fully saturated rings. The van der Waals surface area contributed by atoms with Gasteiger partial charge in [0.25, 0.3) is 0 Å². The summed E-state index contributed by atoms with van der Waals surface area (Å²) >= 11 is 1.33. The molecule has 3 N–H and O–H groups in total. The summed E-state index contributed by atoms with van der Waals surface area (Å²) in [6.45, 7) is 3.42. The van der Waals surface area contributed by atoms with Crippen molar-refractivity contribution < 1.29 is 17.2 Å². The second-order valence-corrected chi connectivity index (χ2v) is 7.41. The molecule has 0 aliphatic carbocycles. The molecule has 2 aromatic rings. The topological polar surface area (TPSA) is 85.1 Å². The molecule has 1 aromatic carbocycles. The van der Waals surface area contributed by atoms with Crippen molar-refractivity contribution >= 4 is 27.0 Å². The minimum atomic E-state index is -4.17. The molecule has 114 valence electrons. The van der Waals surface area contributed by atoms with Crippen LogP contribution in [0.2, 0.25) is 0 Å². The number of aromatic nitrogens is 1. The fourth-order valence-corrected chi connectivity index (χ4v) is 3.82. The molecule has 0 radical (unpaired) electrons. The summed E-state index contributed by atoms with van der Waals surface area (Å²) in [5, 5.41) is 0.548. The lowest BCUT2D eigenvalue weighted by Gasteiger charge is -2.13. The van der Waals surface area contributed by atoms with Gasteiger partial charge in [-0.25, -0.2) is 26.9 Å². The number of nitrogens with one attached hydrogen (secondary N) is 1. The first-order chi connectivity index (χ1) is 9.70. The number of hydrogen-bond donors (Lipinski definition) is 2. The molecule has 5 nitrogen and oxygen atoms in total. The first kappa shape index (κ1) is 15.8. The monoisotopic (exact) mass is 333 g/mol. The number of nitrogens with two attached hydrogens (primary N) is 1. The predicted octanol–water partition coefficient (Wildman–Crippen LogP) is 2.35. The summed E-state index contributed by atoms with van der Waals surface area (Å²) in [5.41, 5.74) is 4.85. The summed E-state index contributed by atoms with van der Waals surface area (Å²) in [5.74, 6) is -2.20. The molecular weight excluding hydrogens is 320 g/mol. The number of nitrogens with zero attached hydrogens (tertiary/aromatic N) is 1. The van der Waals surface area contributed by atoms with Crippen LogP contribution in [0.1, 0.15) is 22.9 Å². The van der Waals surface area contributed by atoms with Gasteiger partial charge in [-0.3, -0.25) is 0 Å². The van der Waals surface area contributed by atoms with E-state index in [2.05, 4.69) is 9.71 Å². The van der Waals surface area contributed by atoms with Crippen molar-refractivity contribution in [3.8, 4) is 0 Å². The van der Waals surface area contributed by atoms with Crippen LogP contribution in [0.15, 0.2) is 23.2 Å². The van der Waals surface area contributed by atoms with Crippen LogP contribution < -0.4 is 10.5 Å². The zero-order valence-electron chi connectivity index (χ0n) is 11.2. The number of halogens is 2. The van der Waals surface area contributed by atoms with Crippen molar-refractivity contribution in [3.63, 3.8) is 0 Å². The Kier molecular flexibility index (Phi) is 4.26. The molecule has 1 aromatic heterocycles. The Morgan fingerprint density at radius 3 is 2.57 bits per heavy atom. The van der Waals surface area contributed by atoms with Crippen molar-refractivity contribution in [1.29, 1.82) is 0 Å². The van der Waals surface area contributed by atoms with E-state index in [1.807, 2.05) is 6.92 Å². The van der Waals surface area contributed by atoms with E-state index in [0.29, 0.717) is 11.1 Å². The minimum Gasteiger partial charge on any atom is -0.396 e. The van der Waals surface area contributed by atoms with E-state index >= 15 is 0 Å². The summed E-state index contributed by atoms with van der Waals surface area (Å²) in [6, 6.07) is 0.564. The second-order valence-electron chi connectivity index (χ2n) is 4.46. The molecule has 1 heterocycles. The SMILES string of the molecule is Cc1cnc(C(C)NS(=O)(=O)c2cc(N)c(F)cc2F)s1. The molecule has 0 saturated heterocycles. The lowest BCUT2D eigenvalue weighted by Crippen LogP contribution is -2.27. The van der Waals surface area contributed by atoms with Crippen LogP contribution in [0.25, 0.3) is 0 Å². The fourth-order valence-electron chi connectivity index (χ4n) is 1.67. The molecule has 0 saturated carbocycles. The van der Waals surface area contributed by atoms with Crippen LogP contribution in [-0.4, -0.2) is 13.4 Å². The van der Waals surface area contributed by atoms with E-state index in [0.717, 1.165) is 10.9 Å². The number of anilines is 1. The third kappa shape index (κ3) is 3.36. The van der Waals surface area contributed by atoms with Crippen molar-refractivity contribution in [1.82, 2.24) is 9.71 Å². The zero-order valence-corrected chi connectivity index (χ0v) is 12.9. The molecule has 21 heavy (non-hydrogen) atoms. The minimum absolute atomic E-state index is 0.436. The first-order valence-electron chi connectivity index (χ1n) is 5.90. The quantitative estimate of drug-likeness (QED) is 0.841. The second kappa shape index (κ2) is 5.66. The van der Waals surface area contributed by atoms with Crippen LogP contribution >= 0.6 is 11.3 Å². The highest BCUT2D eigenvalue weighted by Crippen LogP contribution is 2.24. The van der Waals surface area contributed by atoms with Crippen LogP contribution in [0.4, 0.5) is 14.5 Å². The molecule has 0 aliphatic heterocycles. The lowest BCUT2D eigenvalue weighted by atomic mass is 10.3. The average Bonchev–Trinajstić information content (AvgIpc) is 2.80. The van der Waals surface area contributed by atoms with Crippen molar-refractivity contribution in [2.24, 2.45) is 0 Å². The maximum absolute atomic E-state index is 13.7. The molecule has 0 amide bonds. The molecular formula is C12H13F2N3O2S2.